The van der Waals surface area contributed by atoms with Gasteiger partial charge in [0.25, 0.3) is 5.91 Å². The van der Waals surface area contributed by atoms with Gasteiger partial charge in [-0.3, -0.25) is 9.78 Å². The normalized spacial score (nSPS) is 11.2. The summed E-state index contributed by atoms with van der Waals surface area (Å²) in [4.78, 5) is 18.5. The standard InChI is InChI=1S/C18H21FN2O3/c1-18(2,12-22)21(11-13-6-5-9-20-10-13)17(23)16-14(19)7-4-8-15(16)24-3/h4-10,22H,11-12H2,1-3H3. The maximum atomic E-state index is 14.3. The number of pyridine rings is 1. The first-order chi connectivity index (χ1) is 11.4. The molecule has 24 heavy (non-hydrogen) atoms. The van der Waals surface area contributed by atoms with Crippen LogP contribution in [-0.2, 0) is 6.54 Å². The number of aromatic nitrogens is 1. The predicted molar refractivity (Wildman–Crippen MR) is 88.2 cm³/mol. The van der Waals surface area contributed by atoms with Gasteiger partial charge in [0.15, 0.2) is 0 Å². The number of aliphatic hydroxyl groups is 1. The summed E-state index contributed by atoms with van der Waals surface area (Å²) in [5, 5.41) is 9.70. The smallest absolute Gasteiger partial charge is 0.261 e. The summed E-state index contributed by atoms with van der Waals surface area (Å²) in [5.74, 6) is -1.05. The maximum Gasteiger partial charge on any atom is 0.261 e. The lowest BCUT2D eigenvalue weighted by molar-refractivity contribution is 0.0332. The van der Waals surface area contributed by atoms with E-state index in [-0.39, 0.29) is 24.5 Å². The minimum absolute atomic E-state index is 0.148. The van der Waals surface area contributed by atoms with E-state index < -0.39 is 17.3 Å². The van der Waals surface area contributed by atoms with Crippen LogP contribution in [0.25, 0.3) is 0 Å². The number of halogens is 1. The van der Waals surface area contributed by atoms with Gasteiger partial charge in [-0.1, -0.05) is 12.1 Å². The van der Waals surface area contributed by atoms with Gasteiger partial charge >= 0.3 is 0 Å². The molecule has 0 aliphatic heterocycles. The fourth-order valence-electron chi connectivity index (χ4n) is 2.34. The molecule has 2 aromatic rings. The predicted octanol–water partition coefficient (Wildman–Crippen LogP) is 2.64. The minimum Gasteiger partial charge on any atom is -0.496 e. The molecule has 0 saturated heterocycles. The molecule has 5 nitrogen and oxygen atoms in total. The largest absolute Gasteiger partial charge is 0.496 e. The molecule has 6 heteroatoms. The number of methoxy groups -OCH3 is 1. The van der Waals surface area contributed by atoms with Crippen molar-refractivity contribution in [1.29, 1.82) is 0 Å². The second kappa shape index (κ2) is 7.40. The molecule has 1 aromatic carbocycles. The van der Waals surface area contributed by atoms with Crippen LogP contribution in [0.4, 0.5) is 4.39 Å². The van der Waals surface area contributed by atoms with Crippen molar-refractivity contribution in [3.63, 3.8) is 0 Å². The Kier molecular flexibility index (Phi) is 5.51. The number of hydrogen-bond acceptors (Lipinski definition) is 4. The van der Waals surface area contributed by atoms with Gasteiger partial charge in [-0.05, 0) is 37.6 Å². The first kappa shape index (κ1) is 17.9. The molecule has 0 unspecified atom stereocenters. The molecule has 0 atom stereocenters. The van der Waals surface area contributed by atoms with Crippen LogP contribution in [0.1, 0.15) is 29.8 Å². The SMILES string of the molecule is COc1cccc(F)c1C(=O)N(Cc1cccnc1)C(C)(C)CO. The lowest BCUT2D eigenvalue weighted by Gasteiger charge is -2.37. The number of amides is 1. The lowest BCUT2D eigenvalue weighted by Crippen LogP contribution is -2.50. The quantitative estimate of drug-likeness (QED) is 0.883. The van der Waals surface area contributed by atoms with E-state index in [1.54, 1.807) is 32.3 Å². The molecule has 1 amide bonds. The van der Waals surface area contributed by atoms with Gasteiger partial charge in [0.05, 0.1) is 19.3 Å². The average Bonchev–Trinajstić information content (AvgIpc) is 2.59. The van der Waals surface area contributed by atoms with Gasteiger partial charge in [0.2, 0.25) is 0 Å². The number of carbonyl (C=O) groups excluding carboxylic acids is 1. The second-order valence-electron chi connectivity index (χ2n) is 6.04. The van der Waals surface area contributed by atoms with Crippen LogP contribution in [-0.4, -0.2) is 40.2 Å². The molecule has 0 radical (unpaired) electrons. The maximum absolute atomic E-state index is 14.3. The Morgan fingerprint density at radius 2 is 2.08 bits per heavy atom. The van der Waals surface area contributed by atoms with Crippen molar-refractivity contribution in [3.05, 3.63) is 59.7 Å². The van der Waals surface area contributed by atoms with E-state index in [0.29, 0.717) is 0 Å². The Morgan fingerprint density at radius 3 is 2.67 bits per heavy atom. The Hall–Kier alpha value is -2.47. The van der Waals surface area contributed by atoms with E-state index in [1.165, 1.54) is 30.2 Å². The molecular weight excluding hydrogens is 311 g/mol. The van der Waals surface area contributed by atoms with Crippen molar-refractivity contribution in [1.82, 2.24) is 9.88 Å². The first-order valence-electron chi connectivity index (χ1n) is 7.55. The fraction of sp³-hybridized carbons (Fsp3) is 0.333. The third kappa shape index (κ3) is 3.71. The Labute approximate surface area is 140 Å². The molecule has 0 aliphatic carbocycles. The van der Waals surface area contributed by atoms with Crippen molar-refractivity contribution in [2.45, 2.75) is 25.9 Å². The van der Waals surface area contributed by atoms with Crippen molar-refractivity contribution in [3.8, 4) is 5.75 Å². The summed E-state index contributed by atoms with van der Waals surface area (Å²) >= 11 is 0. The van der Waals surface area contributed by atoms with Crippen LogP contribution in [0.5, 0.6) is 5.75 Å². The summed E-state index contributed by atoms with van der Waals surface area (Å²) in [6.45, 7) is 3.36. The number of nitrogens with zero attached hydrogens (tertiary/aromatic N) is 2. The molecule has 0 aliphatic rings. The number of ether oxygens (including phenoxy) is 1. The molecule has 1 aromatic heterocycles. The van der Waals surface area contributed by atoms with Gasteiger partial charge in [0, 0.05) is 18.9 Å². The van der Waals surface area contributed by atoms with Crippen molar-refractivity contribution in [2.75, 3.05) is 13.7 Å². The molecule has 0 bridgehead atoms. The van der Waals surface area contributed by atoms with Crippen LogP contribution in [0.15, 0.2) is 42.7 Å². The van der Waals surface area contributed by atoms with Gasteiger partial charge in [-0.2, -0.15) is 0 Å². The van der Waals surface area contributed by atoms with Gasteiger partial charge < -0.3 is 14.7 Å². The number of benzene rings is 1. The van der Waals surface area contributed by atoms with Crippen LogP contribution in [0, 0.1) is 5.82 Å². The van der Waals surface area contributed by atoms with Crippen LogP contribution in [0.2, 0.25) is 0 Å². The van der Waals surface area contributed by atoms with Gasteiger partial charge in [0.1, 0.15) is 17.1 Å². The number of hydrogen-bond donors (Lipinski definition) is 1. The number of rotatable bonds is 6. The number of carbonyl (C=O) groups is 1. The van der Waals surface area contributed by atoms with E-state index in [4.69, 9.17) is 4.74 Å². The average molecular weight is 332 g/mol. The van der Waals surface area contributed by atoms with Gasteiger partial charge in [-0.15, -0.1) is 0 Å². The van der Waals surface area contributed by atoms with Gasteiger partial charge in [-0.25, -0.2) is 4.39 Å². The highest BCUT2D eigenvalue weighted by atomic mass is 19.1. The highest BCUT2D eigenvalue weighted by Gasteiger charge is 2.34. The molecular formula is C18H21FN2O3. The van der Waals surface area contributed by atoms with E-state index in [1.807, 2.05) is 6.07 Å². The van der Waals surface area contributed by atoms with E-state index in [2.05, 4.69) is 4.98 Å². The van der Waals surface area contributed by atoms with Crippen LogP contribution >= 0.6 is 0 Å². The van der Waals surface area contributed by atoms with E-state index >= 15 is 0 Å². The van der Waals surface area contributed by atoms with Crippen LogP contribution in [0.3, 0.4) is 0 Å². The second-order valence-corrected chi connectivity index (χ2v) is 6.04. The zero-order chi connectivity index (χ0) is 17.7. The molecule has 1 N–H and O–H groups in total. The topological polar surface area (TPSA) is 62.7 Å². The molecule has 0 saturated carbocycles. The summed E-state index contributed by atoms with van der Waals surface area (Å²) < 4.78 is 19.4. The molecule has 1 heterocycles. The molecule has 128 valence electrons. The summed E-state index contributed by atoms with van der Waals surface area (Å²) in [5.41, 5.74) is -0.256. The molecule has 0 spiro atoms. The monoisotopic (exact) mass is 332 g/mol. The number of aliphatic hydroxyl groups excluding tert-OH is 1. The highest BCUT2D eigenvalue weighted by Crippen LogP contribution is 2.27. The molecule has 0 fully saturated rings. The first-order valence-corrected chi connectivity index (χ1v) is 7.55. The van der Waals surface area contributed by atoms with E-state index in [9.17, 15) is 14.3 Å². The Balaban J connectivity index is 2.46. The van der Waals surface area contributed by atoms with Crippen molar-refractivity contribution >= 4 is 5.91 Å². The zero-order valence-electron chi connectivity index (χ0n) is 14.0. The van der Waals surface area contributed by atoms with Crippen molar-refractivity contribution < 1.29 is 19.0 Å². The van der Waals surface area contributed by atoms with Crippen LogP contribution < -0.4 is 4.74 Å². The summed E-state index contributed by atoms with van der Waals surface area (Å²) in [7, 11) is 1.38. The summed E-state index contributed by atoms with van der Waals surface area (Å²) in [6.07, 6.45) is 3.26. The van der Waals surface area contributed by atoms with Crippen molar-refractivity contribution in [2.24, 2.45) is 0 Å². The Bertz CT molecular complexity index is 705. The Morgan fingerprint density at radius 1 is 1.33 bits per heavy atom. The third-order valence-electron chi connectivity index (χ3n) is 3.84. The summed E-state index contributed by atoms with van der Waals surface area (Å²) in [6, 6.07) is 7.80. The highest BCUT2D eigenvalue weighted by molar-refractivity contribution is 5.97. The third-order valence-corrected chi connectivity index (χ3v) is 3.84. The van der Waals surface area contributed by atoms with E-state index in [0.717, 1.165) is 5.56 Å². The molecule has 2 rings (SSSR count). The zero-order valence-corrected chi connectivity index (χ0v) is 14.0. The lowest BCUT2D eigenvalue weighted by atomic mass is 10.0. The minimum atomic E-state index is -0.889. The fourth-order valence-corrected chi connectivity index (χ4v) is 2.34.